The normalized spacial score (nSPS) is 49.1. The molecule has 21 heavy (non-hydrogen) atoms. The van der Waals surface area contributed by atoms with Crippen molar-refractivity contribution in [2.24, 2.45) is 29.1 Å². The Bertz CT molecular complexity index is 476. The van der Waals surface area contributed by atoms with E-state index in [1.165, 1.54) is 44.1 Å². The Hall–Kier alpha value is -0.560. The molecular formula is C20H30O. The standard InChI is InChI=1S/C20H30O/c1-3-20-12-13(2)19-15-7-5-4-6-14(15)8-9-16(19)17(20)10-11-18(20)21/h6,15-19,21H,2-5,7-12H2,1H3/t15-,16?,17?,18-,19?,20-/m0/s1. The number of aliphatic hydroxyl groups excluding tert-OH is 1. The largest absolute Gasteiger partial charge is 0.393 e. The Morgan fingerprint density at radius 3 is 2.95 bits per heavy atom. The van der Waals surface area contributed by atoms with Crippen LogP contribution < -0.4 is 0 Å². The lowest BCUT2D eigenvalue weighted by atomic mass is 9.50. The van der Waals surface area contributed by atoms with Crippen molar-refractivity contribution in [3.63, 3.8) is 0 Å². The molecule has 0 saturated heterocycles. The van der Waals surface area contributed by atoms with Crippen LogP contribution in [0.5, 0.6) is 0 Å². The Morgan fingerprint density at radius 2 is 2.14 bits per heavy atom. The van der Waals surface area contributed by atoms with Gasteiger partial charge in [0.15, 0.2) is 0 Å². The van der Waals surface area contributed by atoms with Crippen molar-refractivity contribution < 1.29 is 5.11 Å². The zero-order valence-electron chi connectivity index (χ0n) is 13.5. The molecule has 3 fully saturated rings. The number of allylic oxidation sites excluding steroid dienone is 3. The third kappa shape index (κ3) is 1.86. The molecule has 1 nitrogen and oxygen atoms in total. The summed E-state index contributed by atoms with van der Waals surface area (Å²) in [7, 11) is 0. The summed E-state index contributed by atoms with van der Waals surface area (Å²) < 4.78 is 0. The van der Waals surface area contributed by atoms with Gasteiger partial charge in [0.05, 0.1) is 6.10 Å². The average molecular weight is 286 g/mol. The second kappa shape index (κ2) is 4.98. The summed E-state index contributed by atoms with van der Waals surface area (Å²) in [5.74, 6) is 3.11. The van der Waals surface area contributed by atoms with Crippen molar-refractivity contribution in [1.29, 1.82) is 0 Å². The molecule has 0 spiro atoms. The molecule has 116 valence electrons. The van der Waals surface area contributed by atoms with E-state index in [9.17, 15) is 5.11 Å². The molecule has 4 rings (SSSR count). The molecule has 1 heteroatoms. The fraction of sp³-hybridized carbons (Fsp3) is 0.800. The minimum absolute atomic E-state index is 0.0755. The van der Waals surface area contributed by atoms with Gasteiger partial charge in [-0.1, -0.05) is 30.7 Å². The number of aliphatic hydroxyl groups is 1. The lowest BCUT2D eigenvalue weighted by Crippen LogP contribution is -2.49. The molecule has 0 amide bonds. The Morgan fingerprint density at radius 1 is 1.29 bits per heavy atom. The van der Waals surface area contributed by atoms with Crippen LogP contribution in [0.2, 0.25) is 0 Å². The molecule has 3 unspecified atom stereocenters. The minimum Gasteiger partial charge on any atom is -0.393 e. The monoisotopic (exact) mass is 286 g/mol. The molecule has 0 bridgehead atoms. The molecule has 3 saturated carbocycles. The molecule has 0 aromatic heterocycles. The Balaban J connectivity index is 1.71. The predicted molar refractivity (Wildman–Crippen MR) is 86.8 cm³/mol. The van der Waals surface area contributed by atoms with E-state index >= 15 is 0 Å². The quantitative estimate of drug-likeness (QED) is 0.682. The molecule has 0 radical (unpaired) electrons. The van der Waals surface area contributed by atoms with Crippen LogP contribution in [0.1, 0.15) is 64.7 Å². The van der Waals surface area contributed by atoms with Gasteiger partial charge in [-0.2, -0.15) is 0 Å². The number of fused-ring (bicyclic) bond motifs is 5. The molecule has 4 aliphatic rings. The highest BCUT2D eigenvalue weighted by Gasteiger charge is 2.58. The van der Waals surface area contributed by atoms with Crippen molar-refractivity contribution in [1.82, 2.24) is 0 Å². The van der Waals surface area contributed by atoms with Crippen LogP contribution in [0.15, 0.2) is 23.8 Å². The van der Waals surface area contributed by atoms with Crippen molar-refractivity contribution in [2.45, 2.75) is 70.8 Å². The summed E-state index contributed by atoms with van der Waals surface area (Å²) in [6.45, 7) is 6.83. The highest BCUT2D eigenvalue weighted by atomic mass is 16.3. The molecule has 4 aliphatic carbocycles. The third-order valence-corrected chi connectivity index (χ3v) is 7.62. The maximum Gasteiger partial charge on any atom is 0.0602 e. The predicted octanol–water partition coefficient (Wildman–Crippen LogP) is 4.87. The Kier molecular flexibility index (Phi) is 3.33. The van der Waals surface area contributed by atoms with Crippen molar-refractivity contribution >= 4 is 0 Å². The SMILES string of the molecule is C=C1C[C@@]2(CC)C(CC[C@@H]2O)C2CCC3=CCCC[C@@H]3C12. The maximum absolute atomic E-state index is 10.7. The molecule has 0 aromatic rings. The summed E-state index contributed by atoms with van der Waals surface area (Å²) in [6, 6.07) is 0. The average Bonchev–Trinajstić information content (AvgIpc) is 2.84. The maximum atomic E-state index is 10.7. The summed E-state index contributed by atoms with van der Waals surface area (Å²) in [4.78, 5) is 0. The first-order valence-corrected chi connectivity index (χ1v) is 9.22. The second-order valence-electron chi connectivity index (χ2n) is 8.17. The molecule has 6 atom stereocenters. The van der Waals surface area contributed by atoms with Gasteiger partial charge in [0.2, 0.25) is 0 Å². The van der Waals surface area contributed by atoms with Crippen LogP contribution in [-0.2, 0) is 0 Å². The van der Waals surface area contributed by atoms with Crippen LogP contribution in [0.4, 0.5) is 0 Å². The summed E-state index contributed by atoms with van der Waals surface area (Å²) in [6.07, 6.45) is 13.7. The van der Waals surface area contributed by atoms with Gasteiger partial charge in [-0.05, 0) is 81.5 Å². The third-order valence-electron chi connectivity index (χ3n) is 7.62. The molecule has 0 aromatic carbocycles. The van der Waals surface area contributed by atoms with E-state index in [0.29, 0.717) is 0 Å². The summed E-state index contributed by atoms with van der Waals surface area (Å²) in [5.41, 5.74) is 3.41. The first-order chi connectivity index (χ1) is 10.2. The first kappa shape index (κ1) is 14.1. The smallest absolute Gasteiger partial charge is 0.0602 e. The highest BCUT2D eigenvalue weighted by molar-refractivity contribution is 5.27. The van der Waals surface area contributed by atoms with Gasteiger partial charge in [0, 0.05) is 5.41 Å². The highest BCUT2D eigenvalue weighted by Crippen LogP contribution is 2.64. The fourth-order valence-electron chi connectivity index (χ4n) is 6.72. The Labute approximate surface area is 129 Å². The van der Waals surface area contributed by atoms with Crippen LogP contribution in [-0.4, -0.2) is 11.2 Å². The molecular weight excluding hydrogens is 256 g/mol. The van der Waals surface area contributed by atoms with Crippen LogP contribution >= 0.6 is 0 Å². The van der Waals surface area contributed by atoms with Crippen LogP contribution in [0, 0.1) is 29.1 Å². The molecule has 1 N–H and O–H groups in total. The zero-order valence-corrected chi connectivity index (χ0v) is 13.5. The number of rotatable bonds is 1. The van der Waals surface area contributed by atoms with Crippen LogP contribution in [0.25, 0.3) is 0 Å². The van der Waals surface area contributed by atoms with E-state index in [-0.39, 0.29) is 11.5 Å². The van der Waals surface area contributed by atoms with Crippen molar-refractivity contribution in [3.05, 3.63) is 23.8 Å². The molecule has 0 aliphatic heterocycles. The molecule has 0 heterocycles. The van der Waals surface area contributed by atoms with E-state index in [2.05, 4.69) is 19.6 Å². The summed E-state index contributed by atoms with van der Waals surface area (Å²) >= 11 is 0. The van der Waals surface area contributed by atoms with Gasteiger partial charge < -0.3 is 5.11 Å². The van der Waals surface area contributed by atoms with E-state index in [0.717, 1.165) is 42.9 Å². The fourth-order valence-corrected chi connectivity index (χ4v) is 6.72. The first-order valence-electron chi connectivity index (χ1n) is 9.22. The van der Waals surface area contributed by atoms with E-state index in [1.807, 2.05) is 0 Å². The summed E-state index contributed by atoms with van der Waals surface area (Å²) in [5, 5.41) is 10.7. The lowest BCUT2D eigenvalue weighted by molar-refractivity contribution is -0.0414. The lowest BCUT2D eigenvalue weighted by Gasteiger charge is -2.55. The topological polar surface area (TPSA) is 20.2 Å². The van der Waals surface area contributed by atoms with Gasteiger partial charge in [-0.3, -0.25) is 0 Å². The van der Waals surface area contributed by atoms with Gasteiger partial charge in [-0.25, -0.2) is 0 Å². The van der Waals surface area contributed by atoms with Gasteiger partial charge >= 0.3 is 0 Å². The number of hydrogen-bond acceptors (Lipinski definition) is 1. The van der Waals surface area contributed by atoms with Gasteiger partial charge in [-0.15, -0.1) is 0 Å². The second-order valence-corrected chi connectivity index (χ2v) is 8.17. The van der Waals surface area contributed by atoms with Crippen molar-refractivity contribution in [2.75, 3.05) is 0 Å². The van der Waals surface area contributed by atoms with Crippen molar-refractivity contribution in [3.8, 4) is 0 Å². The van der Waals surface area contributed by atoms with Gasteiger partial charge in [0.25, 0.3) is 0 Å². The van der Waals surface area contributed by atoms with E-state index in [1.54, 1.807) is 5.57 Å². The van der Waals surface area contributed by atoms with Crippen LogP contribution in [0.3, 0.4) is 0 Å². The van der Waals surface area contributed by atoms with E-state index < -0.39 is 0 Å². The van der Waals surface area contributed by atoms with E-state index in [4.69, 9.17) is 0 Å². The minimum atomic E-state index is -0.0755. The van der Waals surface area contributed by atoms with Gasteiger partial charge in [0.1, 0.15) is 0 Å². The zero-order chi connectivity index (χ0) is 14.6. The number of hydrogen-bond donors (Lipinski definition) is 1.